The summed E-state index contributed by atoms with van der Waals surface area (Å²) >= 11 is 0. The Morgan fingerprint density at radius 2 is 1.69 bits per heavy atom. The summed E-state index contributed by atoms with van der Waals surface area (Å²) in [5.41, 5.74) is 2.51. The van der Waals surface area contributed by atoms with Crippen molar-refractivity contribution in [3.63, 3.8) is 0 Å². The van der Waals surface area contributed by atoms with Gasteiger partial charge in [-0.3, -0.25) is 4.90 Å². The zero-order valence-corrected chi connectivity index (χ0v) is 17.8. The first-order chi connectivity index (χ1) is 14.2. The summed E-state index contributed by atoms with van der Waals surface area (Å²) in [5, 5.41) is 0. The molecule has 0 aliphatic carbocycles. The molecule has 0 spiro atoms. The van der Waals surface area contributed by atoms with Gasteiger partial charge in [-0.2, -0.15) is 0 Å². The SMILES string of the molecule is CC(C)COCC(CN1c2ccccc2OCC1c1ccccc1)N1CCCC1. The van der Waals surface area contributed by atoms with Crippen LogP contribution in [0, 0.1) is 5.92 Å². The third-order valence-electron chi connectivity index (χ3n) is 5.96. The molecule has 2 unspecified atom stereocenters. The Labute approximate surface area is 175 Å². The fraction of sp³-hybridized carbons (Fsp3) is 0.520. The molecule has 4 rings (SSSR count). The lowest BCUT2D eigenvalue weighted by molar-refractivity contribution is 0.0553. The van der Waals surface area contributed by atoms with Gasteiger partial charge < -0.3 is 14.4 Å². The highest BCUT2D eigenvalue weighted by molar-refractivity contribution is 5.61. The monoisotopic (exact) mass is 394 g/mol. The highest BCUT2D eigenvalue weighted by Crippen LogP contribution is 2.39. The molecule has 0 bridgehead atoms. The second-order valence-electron chi connectivity index (χ2n) is 8.69. The van der Waals surface area contributed by atoms with Gasteiger partial charge in [-0.15, -0.1) is 0 Å². The maximum absolute atomic E-state index is 6.15. The number of ether oxygens (including phenoxy) is 2. The Morgan fingerprint density at radius 3 is 2.45 bits per heavy atom. The number of hydrogen-bond acceptors (Lipinski definition) is 4. The molecule has 2 aliphatic heterocycles. The normalized spacial score (nSPS) is 20.5. The number of nitrogens with zero attached hydrogens (tertiary/aromatic N) is 2. The maximum Gasteiger partial charge on any atom is 0.142 e. The van der Waals surface area contributed by atoms with E-state index in [0.717, 1.165) is 25.5 Å². The Morgan fingerprint density at radius 1 is 0.966 bits per heavy atom. The van der Waals surface area contributed by atoms with E-state index < -0.39 is 0 Å². The summed E-state index contributed by atoms with van der Waals surface area (Å²) in [7, 11) is 0. The molecule has 0 radical (unpaired) electrons. The summed E-state index contributed by atoms with van der Waals surface area (Å²) in [4.78, 5) is 5.18. The van der Waals surface area contributed by atoms with Crippen molar-refractivity contribution in [3.8, 4) is 5.75 Å². The Kier molecular flexibility index (Phi) is 6.73. The van der Waals surface area contributed by atoms with E-state index in [1.165, 1.54) is 37.2 Å². The predicted octanol–water partition coefficient (Wildman–Crippen LogP) is 4.76. The van der Waals surface area contributed by atoms with Crippen LogP contribution in [0.2, 0.25) is 0 Å². The number of rotatable bonds is 8. The molecule has 156 valence electrons. The second kappa shape index (κ2) is 9.64. The van der Waals surface area contributed by atoms with Gasteiger partial charge >= 0.3 is 0 Å². The van der Waals surface area contributed by atoms with Crippen LogP contribution < -0.4 is 9.64 Å². The molecule has 29 heavy (non-hydrogen) atoms. The van der Waals surface area contributed by atoms with Crippen LogP contribution in [0.3, 0.4) is 0 Å². The number of para-hydroxylation sites is 2. The van der Waals surface area contributed by atoms with E-state index in [4.69, 9.17) is 9.47 Å². The fourth-order valence-electron chi connectivity index (χ4n) is 4.47. The average Bonchev–Trinajstić information content (AvgIpc) is 3.28. The first kappa shape index (κ1) is 20.2. The van der Waals surface area contributed by atoms with E-state index in [1.54, 1.807) is 0 Å². The molecule has 1 fully saturated rings. The smallest absolute Gasteiger partial charge is 0.142 e. The lowest BCUT2D eigenvalue weighted by Gasteiger charge is -2.42. The number of likely N-dealkylation sites (tertiary alicyclic amines) is 1. The summed E-state index contributed by atoms with van der Waals surface area (Å²) < 4.78 is 12.3. The summed E-state index contributed by atoms with van der Waals surface area (Å²) in [6.07, 6.45) is 2.59. The van der Waals surface area contributed by atoms with Crippen molar-refractivity contribution >= 4 is 5.69 Å². The van der Waals surface area contributed by atoms with Crippen LogP contribution in [0.4, 0.5) is 5.69 Å². The van der Waals surface area contributed by atoms with Gasteiger partial charge in [-0.25, -0.2) is 0 Å². The average molecular weight is 395 g/mol. The molecule has 0 N–H and O–H groups in total. The number of anilines is 1. The molecule has 0 aromatic heterocycles. The van der Waals surface area contributed by atoms with Crippen LogP contribution in [0.15, 0.2) is 54.6 Å². The van der Waals surface area contributed by atoms with Gasteiger partial charge in [0, 0.05) is 13.2 Å². The van der Waals surface area contributed by atoms with Crippen LogP contribution in [-0.2, 0) is 4.74 Å². The van der Waals surface area contributed by atoms with Crippen LogP contribution >= 0.6 is 0 Å². The van der Waals surface area contributed by atoms with Crippen LogP contribution in [0.25, 0.3) is 0 Å². The van der Waals surface area contributed by atoms with E-state index in [-0.39, 0.29) is 6.04 Å². The second-order valence-corrected chi connectivity index (χ2v) is 8.69. The first-order valence-corrected chi connectivity index (χ1v) is 11.1. The van der Waals surface area contributed by atoms with Gasteiger partial charge in [0.15, 0.2) is 0 Å². The van der Waals surface area contributed by atoms with E-state index in [0.29, 0.717) is 18.6 Å². The van der Waals surface area contributed by atoms with Gasteiger partial charge in [0.2, 0.25) is 0 Å². The largest absolute Gasteiger partial charge is 0.489 e. The standard InChI is InChI=1S/C25H34N2O2/c1-20(2)17-28-18-22(26-14-8-9-15-26)16-27-23-12-6-7-13-25(23)29-19-24(27)21-10-4-3-5-11-21/h3-7,10-13,20,22,24H,8-9,14-19H2,1-2H3. The van der Waals surface area contributed by atoms with Crippen molar-refractivity contribution in [1.82, 2.24) is 4.90 Å². The van der Waals surface area contributed by atoms with E-state index in [9.17, 15) is 0 Å². The van der Waals surface area contributed by atoms with Gasteiger partial charge in [0.25, 0.3) is 0 Å². The highest BCUT2D eigenvalue weighted by Gasteiger charge is 2.33. The first-order valence-electron chi connectivity index (χ1n) is 11.1. The lowest BCUT2D eigenvalue weighted by Crippen LogP contribution is -2.49. The van der Waals surface area contributed by atoms with Crippen LogP contribution in [0.5, 0.6) is 5.75 Å². The number of fused-ring (bicyclic) bond motifs is 1. The van der Waals surface area contributed by atoms with Gasteiger partial charge in [-0.05, 0) is 49.5 Å². The molecule has 2 atom stereocenters. The van der Waals surface area contributed by atoms with Crippen LogP contribution in [0.1, 0.15) is 38.3 Å². The molecular weight excluding hydrogens is 360 g/mol. The minimum atomic E-state index is 0.223. The molecule has 2 aliphatic rings. The van der Waals surface area contributed by atoms with Crippen molar-refractivity contribution in [2.24, 2.45) is 5.92 Å². The Hall–Kier alpha value is -2.04. The summed E-state index contributed by atoms with van der Waals surface area (Å²) in [6, 6.07) is 19.8. The topological polar surface area (TPSA) is 24.9 Å². The van der Waals surface area contributed by atoms with Crippen molar-refractivity contribution in [2.45, 2.75) is 38.8 Å². The molecule has 0 amide bonds. The van der Waals surface area contributed by atoms with Gasteiger partial charge in [0.05, 0.1) is 24.4 Å². The molecule has 4 heteroatoms. The maximum atomic E-state index is 6.15. The molecule has 2 heterocycles. The molecule has 2 aromatic rings. The van der Waals surface area contributed by atoms with Crippen LogP contribution in [-0.4, -0.2) is 50.4 Å². The van der Waals surface area contributed by atoms with E-state index >= 15 is 0 Å². The Bertz CT molecular complexity index is 758. The van der Waals surface area contributed by atoms with Gasteiger partial charge in [-0.1, -0.05) is 56.3 Å². The molecule has 2 aromatic carbocycles. The zero-order valence-electron chi connectivity index (χ0n) is 17.8. The molecule has 1 saturated heterocycles. The van der Waals surface area contributed by atoms with E-state index in [1.807, 2.05) is 0 Å². The molecule has 0 saturated carbocycles. The van der Waals surface area contributed by atoms with E-state index in [2.05, 4.69) is 78.2 Å². The number of benzene rings is 2. The van der Waals surface area contributed by atoms with Crippen molar-refractivity contribution in [2.75, 3.05) is 44.4 Å². The van der Waals surface area contributed by atoms with Crippen molar-refractivity contribution in [1.29, 1.82) is 0 Å². The minimum Gasteiger partial charge on any atom is -0.489 e. The quantitative estimate of drug-likeness (QED) is 0.644. The highest BCUT2D eigenvalue weighted by atomic mass is 16.5. The zero-order chi connectivity index (χ0) is 20.1. The van der Waals surface area contributed by atoms with Crippen molar-refractivity contribution in [3.05, 3.63) is 60.2 Å². The van der Waals surface area contributed by atoms with Crippen molar-refractivity contribution < 1.29 is 9.47 Å². The third kappa shape index (κ3) is 4.93. The minimum absolute atomic E-state index is 0.223. The van der Waals surface area contributed by atoms with Gasteiger partial charge in [0.1, 0.15) is 12.4 Å². The predicted molar refractivity (Wildman–Crippen MR) is 119 cm³/mol. The fourth-order valence-corrected chi connectivity index (χ4v) is 4.47. The Balaban J connectivity index is 1.59. The molecule has 4 nitrogen and oxygen atoms in total. The number of hydrogen-bond donors (Lipinski definition) is 0. The summed E-state index contributed by atoms with van der Waals surface area (Å²) in [5.74, 6) is 1.55. The lowest BCUT2D eigenvalue weighted by atomic mass is 10.0. The summed E-state index contributed by atoms with van der Waals surface area (Å²) in [6.45, 7) is 10.0. The third-order valence-corrected chi connectivity index (χ3v) is 5.96. The molecular formula is C25H34N2O2.